The van der Waals surface area contributed by atoms with Crippen LogP contribution in [0.15, 0.2) is 53.8 Å². The molecule has 1 aromatic heterocycles. The average Bonchev–Trinajstić information content (AvgIpc) is 2.80. The van der Waals surface area contributed by atoms with Crippen molar-refractivity contribution in [1.29, 1.82) is 0 Å². The number of aromatic nitrogens is 2. The van der Waals surface area contributed by atoms with Gasteiger partial charge in [0.05, 0.1) is 30.1 Å². The summed E-state index contributed by atoms with van der Waals surface area (Å²) >= 11 is 6.04. The molecule has 0 saturated carbocycles. The summed E-state index contributed by atoms with van der Waals surface area (Å²) in [7, 11) is 0. The lowest BCUT2D eigenvalue weighted by Crippen LogP contribution is -2.34. The first kappa shape index (κ1) is 21.4. The Morgan fingerprint density at radius 3 is 2.71 bits per heavy atom. The molecule has 0 atom stereocenters. The summed E-state index contributed by atoms with van der Waals surface area (Å²) in [6, 6.07) is 13.5. The smallest absolute Gasteiger partial charge is 0.147 e. The summed E-state index contributed by atoms with van der Waals surface area (Å²) in [6.45, 7) is 5.19. The first-order valence-electron chi connectivity index (χ1n) is 10.8. The molecule has 0 N–H and O–H groups in total. The zero-order chi connectivity index (χ0) is 21.5. The van der Waals surface area contributed by atoms with Crippen LogP contribution in [0.25, 0.3) is 11.0 Å². The molecule has 0 bridgehead atoms. The number of halogens is 1. The number of piperidine rings is 1. The van der Waals surface area contributed by atoms with Crippen molar-refractivity contribution in [3.05, 3.63) is 59.2 Å². The maximum absolute atomic E-state index is 6.04. The largest absolute Gasteiger partial charge is 0.494 e. The number of nitrogens with zero attached hydrogens (tertiary/aromatic N) is 4. The van der Waals surface area contributed by atoms with Crippen LogP contribution in [0.3, 0.4) is 0 Å². The zero-order valence-corrected chi connectivity index (χ0v) is 18.5. The molecular formula is C24H27ClN4O2. The molecule has 2 aromatic carbocycles. The fraction of sp³-hybridized carbons (Fsp3) is 0.375. The molecule has 3 aromatic rings. The monoisotopic (exact) mass is 438 g/mol. The molecule has 0 aliphatic carbocycles. The standard InChI is InChI=1S/C24H27ClN4O2/c1-2-31-27-16-19-3-6-21(7-4-19)30-14-11-18-9-12-29(13-10-18)24-17-26-23-15-20(25)5-8-22(23)28-24/h3-8,15-18H,2,9-14H2,1H3. The second kappa shape index (κ2) is 10.4. The average molecular weight is 439 g/mol. The van der Waals surface area contributed by atoms with Gasteiger partial charge < -0.3 is 14.5 Å². The van der Waals surface area contributed by atoms with Crippen LogP contribution in [0, 0.1) is 5.92 Å². The van der Waals surface area contributed by atoms with E-state index in [0.717, 1.165) is 67.1 Å². The summed E-state index contributed by atoms with van der Waals surface area (Å²) in [5, 5.41) is 4.56. The zero-order valence-electron chi connectivity index (χ0n) is 17.7. The van der Waals surface area contributed by atoms with Gasteiger partial charge in [-0.2, -0.15) is 0 Å². The van der Waals surface area contributed by atoms with Crippen molar-refractivity contribution < 1.29 is 9.57 Å². The van der Waals surface area contributed by atoms with Crippen LogP contribution in [0.2, 0.25) is 5.02 Å². The molecule has 6 nitrogen and oxygen atoms in total. The maximum atomic E-state index is 6.04. The molecule has 7 heteroatoms. The van der Waals surface area contributed by atoms with E-state index in [1.807, 2.05) is 55.6 Å². The van der Waals surface area contributed by atoms with Gasteiger partial charge in [0.1, 0.15) is 18.2 Å². The molecule has 0 spiro atoms. The summed E-state index contributed by atoms with van der Waals surface area (Å²) in [5.41, 5.74) is 2.71. The summed E-state index contributed by atoms with van der Waals surface area (Å²) in [5.74, 6) is 2.50. The fourth-order valence-corrected chi connectivity index (χ4v) is 3.91. The Bertz CT molecular complexity index is 1020. The number of hydrogen-bond donors (Lipinski definition) is 0. The first-order valence-corrected chi connectivity index (χ1v) is 11.1. The van der Waals surface area contributed by atoms with Crippen molar-refractivity contribution in [2.75, 3.05) is 31.2 Å². The Balaban J connectivity index is 1.22. The van der Waals surface area contributed by atoms with Gasteiger partial charge in [0.2, 0.25) is 0 Å². The highest BCUT2D eigenvalue weighted by atomic mass is 35.5. The Morgan fingerprint density at radius 1 is 1.13 bits per heavy atom. The van der Waals surface area contributed by atoms with Crippen molar-refractivity contribution in [2.45, 2.75) is 26.2 Å². The molecule has 0 radical (unpaired) electrons. The van der Waals surface area contributed by atoms with E-state index in [2.05, 4.69) is 15.0 Å². The Labute approximate surface area is 187 Å². The van der Waals surface area contributed by atoms with Gasteiger partial charge in [-0.25, -0.2) is 4.98 Å². The number of fused-ring (bicyclic) bond motifs is 1. The van der Waals surface area contributed by atoms with Crippen LogP contribution in [0.5, 0.6) is 5.75 Å². The Kier molecular flexibility index (Phi) is 7.20. The minimum absolute atomic E-state index is 0.571. The lowest BCUT2D eigenvalue weighted by Gasteiger charge is -2.32. The van der Waals surface area contributed by atoms with Crippen LogP contribution < -0.4 is 9.64 Å². The molecule has 162 valence electrons. The third-order valence-electron chi connectivity index (χ3n) is 5.51. The van der Waals surface area contributed by atoms with Crippen LogP contribution in [-0.2, 0) is 4.84 Å². The minimum atomic E-state index is 0.571. The number of ether oxygens (including phenoxy) is 1. The summed E-state index contributed by atoms with van der Waals surface area (Å²) in [6.07, 6.45) is 6.89. The molecular weight excluding hydrogens is 412 g/mol. The number of anilines is 1. The van der Waals surface area contributed by atoms with E-state index in [-0.39, 0.29) is 0 Å². The van der Waals surface area contributed by atoms with Crippen molar-refractivity contribution in [1.82, 2.24) is 9.97 Å². The third-order valence-corrected chi connectivity index (χ3v) is 5.75. The third kappa shape index (κ3) is 5.85. The van der Waals surface area contributed by atoms with Crippen LogP contribution in [-0.4, -0.2) is 42.5 Å². The fourth-order valence-electron chi connectivity index (χ4n) is 3.74. The molecule has 1 aliphatic heterocycles. The number of hydrogen-bond acceptors (Lipinski definition) is 6. The van der Waals surface area contributed by atoms with Gasteiger partial charge in [0, 0.05) is 18.1 Å². The maximum Gasteiger partial charge on any atom is 0.147 e. The molecule has 1 fully saturated rings. The second-order valence-electron chi connectivity index (χ2n) is 7.65. The van der Waals surface area contributed by atoms with E-state index in [4.69, 9.17) is 26.2 Å². The van der Waals surface area contributed by atoms with Crippen LogP contribution in [0.4, 0.5) is 5.82 Å². The molecule has 0 amide bonds. The van der Waals surface area contributed by atoms with E-state index >= 15 is 0 Å². The lowest BCUT2D eigenvalue weighted by molar-refractivity contribution is 0.160. The van der Waals surface area contributed by atoms with Crippen molar-refractivity contribution in [3.8, 4) is 5.75 Å². The predicted octanol–water partition coefficient (Wildman–Crippen LogP) is 5.34. The second-order valence-corrected chi connectivity index (χ2v) is 8.09. The van der Waals surface area contributed by atoms with Gasteiger partial charge in [-0.05, 0) is 80.1 Å². The normalized spacial score (nSPS) is 15.0. The van der Waals surface area contributed by atoms with Gasteiger partial charge in [0.25, 0.3) is 0 Å². The van der Waals surface area contributed by atoms with Crippen molar-refractivity contribution in [2.24, 2.45) is 11.1 Å². The highest BCUT2D eigenvalue weighted by Gasteiger charge is 2.20. The van der Waals surface area contributed by atoms with Crippen LogP contribution >= 0.6 is 11.6 Å². The lowest BCUT2D eigenvalue weighted by atomic mass is 9.94. The van der Waals surface area contributed by atoms with Gasteiger partial charge in [-0.1, -0.05) is 16.8 Å². The Morgan fingerprint density at radius 2 is 1.94 bits per heavy atom. The SMILES string of the molecule is CCON=Cc1ccc(OCCC2CCN(c3cnc4cc(Cl)ccc4n3)CC2)cc1. The molecule has 2 heterocycles. The molecule has 1 saturated heterocycles. The van der Waals surface area contributed by atoms with E-state index in [0.29, 0.717) is 17.5 Å². The van der Waals surface area contributed by atoms with E-state index in [1.165, 1.54) is 0 Å². The number of oxime groups is 1. The topological polar surface area (TPSA) is 59.8 Å². The minimum Gasteiger partial charge on any atom is -0.494 e. The van der Waals surface area contributed by atoms with E-state index in [9.17, 15) is 0 Å². The molecule has 1 aliphatic rings. The van der Waals surface area contributed by atoms with Gasteiger partial charge in [0.15, 0.2) is 0 Å². The Hall–Kier alpha value is -2.86. The van der Waals surface area contributed by atoms with Gasteiger partial charge >= 0.3 is 0 Å². The van der Waals surface area contributed by atoms with Gasteiger partial charge in [-0.3, -0.25) is 4.98 Å². The predicted molar refractivity (Wildman–Crippen MR) is 125 cm³/mol. The highest BCUT2D eigenvalue weighted by Crippen LogP contribution is 2.26. The summed E-state index contributed by atoms with van der Waals surface area (Å²) in [4.78, 5) is 16.6. The van der Waals surface area contributed by atoms with E-state index < -0.39 is 0 Å². The van der Waals surface area contributed by atoms with Crippen LogP contribution in [0.1, 0.15) is 31.7 Å². The molecule has 31 heavy (non-hydrogen) atoms. The number of rotatable bonds is 8. The highest BCUT2D eigenvalue weighted by molar-refractivity contribution is 6.31. The number of benzene rings is 2. The van der Waals surface area contributed by atoms with Gasteiger partial charge in [-0.15, -0.1) is 0 Å². The van der Waals surface area contributed by atoms with E-state index in [1.54, 1.807) is 6.21 Å². The first-order chi connectivity index (χ1) is 15.2. The summed E-state index contributed by atoms with van der Waals surface area (Å²) < 4.78 is 5.94. The van der Waals surface area contributed by atoms with Crippen molar-refractivity contribution >= 4 is 34.7 Å². The van der Waals surface area contributed by atoms with Crippen molar-refractivity contribution in [3.63, 3.8) is 0 Å². The quantitative estimate of drug-likeness (QED) is 0.351. The molecule has 4 rings (SSSR count). The molecule has 0 unspecified atom stereocenters.